The molecule has 1 fully saturated rings. The molecule has 2 aliphatic rings. The summed E-state index contributed by atoms with van der Waals surface area (Å²) in [5.41, 5.74) is 2.76. The van der Waals surface area contributed by atoms with Crippen LogP contribution >= 0.6 is 0 Å². The lowest BCUT2D eigenvalue weighted by molar-refractivity contribution is -0.126. The second kappa shape index (κ2) is 12.3. The minimum Gasteiger partial charge on any atom is -0.354 e. The summed E-state index contributed by atoms with van der Waals surface area (Å²) in [5, 5.41) is 0. The van der Waals surface area contributed by atoms with Crippen molar-refractivity contribution in [2.45, 2.75) is 58.3 Å². The van der Waals surface area contributed by atoms with Gasteiger partial charge in [0.2, 0.25) is 11.8 Å². The van der Waals surface area contributed by atoms with E-state index in [2.05, 4.69) is 48.8 Å². The summed E-state index contributed by atoms with van der Waals surface area (Å²) in [4.78, 5) is 54.0. The van der Waals surface area contributed by atoms with Crippen molar-refractivity contribution < 1.29 is 14.4 Å². The Balaban J connectivity index is 1.15. The molecule has 3 heterocycles. The third kappa shape index (κ3) is 6.70. The van der Waals surface area contributed by atoms with Crippen LogP contribution in [-0.2, 0) is 15.0 Å². The fourth-order valence-electron chi connectivity index (χ4n) is 5.39. The van der Waals surface area contributed by atoms with E-state index in [4.69, 9.17) is 9.97 Å². The molecule has 1 saturated heterocycles. The Bertz CT molecular complexity index is 1410. The number of rotatable bonds is 7. The van der Waals surface area contributed by atoms with Crippen LogP contribution in [-0.4, -0.2) is 65.2 Å². The van der Waals surface area contributed by atoms with E-state index >= 15 is 0 Å². The lowest BCUT2D eigenvalue weighted by Gasteiger charge is -2.36. The Morgan fingerprint density at radius 2 is 1.56 bits per heavy atom. The maximum absolute atomic E-state index is 13.1. The van der Waals surface area contributed by atoms with Gasteiger partial charge in [0.15, 0.2) is 5.78 Å². The van der Waals surface area contributed by atoms with Crippen molar-refractivity contribution in [3.63, 3.8) is 0 Å². The third-order valence-electron chi connectivity index (χ3n) is 7.77. The Morgan fingerprint density at radius 3 is 2.29 bits per heavy atom. The van der Waals surface area contributed by atoms with Gasteiger partial charge in [0.1, 0.15) is 11.6 Å². The predicted molar refractivity (Wildman–Crippen MR) is 161 cm³/mol. The van der Waals surface area contributed by atoms with Gasteiger partial charge < -0.3 is 4.90 Å². The number of nitrogens with zero attached hydrogens (tertiary/aromatic N) is 5. The quantitative estimate of drug-likeness (QED) is 0.369. The average molecular weight is 554 g/mol. The average Bonchev–Trinajstić information content (AvgIpc) is 3.11. The number of para-hydroxylation sites is 1. The van der Waals surface area contributed by atoms with E-state index in [9.17, 15) is 14.4 Å². The van der Waals surface area contributed by atoms with Crippen LogP contribution in [0.25, 0.3) is 11.3 Å². The summed E-state index contributed by atoms with van der Waals surface area (Å²) in [6.07, 6.45) is 2.06. The van der Waals surface area contributed by atoms with Crippen molar-refractivity contribution in [2.75, 3.05) is 42.5 Å². The van der Waals surface area contributed by atoms with E-state index in [1.54, 1.807) is 24.3 Å². The lowest BCUT2D eigenvalue weighted by Crippen LogP contribution is -2.47. The molecule has 5 rings (SSSR count). The number of hydrogen-bond acceptors (Lipinski definition) is 7. The zero-order chi connectivity index (χ0) is 29.0. The Hall–Kier alpha value is -3.91. The van der Waals surface area contributed by atoms with Crippen LogP contribution in [0.4, 0.5) is 11.5 Å². The fraction of sp³-hybridized carbons (Fsp3) is 0.424. The molecule has 214 valence electrons. The normalized spacial score (nSPS) is 16.5. The highest BCUT2D eigenvalue weighted by molar-refractivity contribution is 6.20. The van der Waals surface area contributed by atoms with Crippen LogP contribution in [0.2, 0.25) is 0 Å². The van der Waals surface area contributed by atoms with Crippen LogP contribution in [0.5, 0.6) is 0 Å². The summed E-state index contributed by atoms with van der Waals surface area (Å²) in [6, 6.07) is 19.3. The number of carbonyl (C=O) groups excluding carboxylic acids is 3. The zero-order valence-electron chi connectivity index (χ0n) is 24.3. The molecule has 0 radical (unpaired) electrons. The van der Waals surface area contributed by atoms with E-state index in [-0.39, 0.29) is 42.3 Å². The topological polar surface area (TPSA) is 86.7 Å². The maximum Gasteiger partial charge on any atom is 0.234 e. The molecule has 1 aromatic heterocycles. The number of carbonyl (C=O) groups is 3. The van der Waals surface area contributed by atoms with Gasteiger partial charge in [0, 0.05) is 68.0 Å². The first kappa shape index (κ1) is 28.6. The first-order valence-corrected chi connectivity index (χ1v) is 14.6. The van der Waals surface area contributed by atoms with E-state index in [1.807, 2.05) is 18.2 Å². The summed E-state index contributed by atoms with van der Waals surface area (Å²) in [6.45, 7) is 10.9. The number of anilines is 2. The number of unbranched alkanes of at least 4 members (excludes halogenated alkanes) is 1. The van der Waals surface area contributed by atoms with Gasteiger partial charge in [0.05, 0.1) is 11.4 Å². The highest BCUT2D eigenvalue weighted by Gasteiger charge is 2.30. The Labute approximate surface area is 242 Å². The van der Waals surface area contributed by atoms with Gasteiger partial charge in [-0.2, -0.15) is 0 Å². The van der Waals surface area contributed by atoms with Gasteiger partial charge in [-0.25, -0.2) is 14.9 Å². The number of fused-ring (bicyclic) bond motifs is 1. The monoisotopic (exact) mass is 553 g/mol. The standard InChI is InChI=1S/C33H39N5O3/c1-33(2,3)32-34-26(24-11-5-4-6-12-24)23-29(35-32)37-21-19-36(20-22-37)18-10-9-15-30(40)38-27-14-8-7-13-25(27)28(39)16-17-31(38)41/h4-8,11-14,23H,9-10,15-22H2,1-3H3. The van der Waals surface area contributed by atoms with E-state index in [1.165, 1.54) is 4.90 Å². The molecule has 0 unspecified atom stereocenters. The van der Waals surface area contributed by atoms with Crippen molar-refractivity contribution in [1.82, 2.24) is 14.9 Å². The number of piperazine rings is 1. The zero-order valence-corrected chi connectivity index (χ0v) is 24.3. The molecule has 2 amide bonds. The van der Waals surface area contributed by atoms with Crippen LogP contribution in [0.1, 0.15) is 69.1 Å². The highest BCUT2D eigenvalue weighted by atomic mass is 16.2. The van der Waals surface area contributed by atoms with E-state index < -0.39 is 0 Å². The molecule has 0 aliphatic carbocycles. The number of imide groups is 1. The van der Waals surface area contributed by atoms with Gasteiger partial charge in [-0.3, -0.25) is 19.3 Å². The maximum atomic E-state index is 13.1. The fourth-order valence-corrected chi connectivity index (χ4v) is 5.39. The first-order chi connectivity index (χ1) is 19.7. The van der Waals surface area contributed by atoms with Gasteiger partial charge >= 0.3 is 0 Å². The van der Waals surface area contributed by atoms with Crippen molar-refractivity contribution in [3.05, 3.63) is 72.1 Å². The number of Topliss-reactive ketones (excluding diaryl/α,β-unsaturated/α-hetero) is 1. The molecule has 0 atom stereocenters. The molecule has 2 aromatic carbocycles. The van der Waals surface area contributed by atoms with Crippen LogP contribution in [0.3, 0.4) is 0 Å². The van der Waals surface area contributed by atoms with Crippen molar-refractivity contribution >= 4 is 29.1 Å². The molecular formula is C33H39N5O3. The van der Waals surface area contributed by atoms with Gasteiger partial charge in [-0.15, -0.1) is 0 Å². The van der Waals surface area contributed by atoms with Crippen molar-refractivity contribution in [3.8, 4) is 11.3 Å². The molecule has 0 saturated carbocycles. The summed E-state index contributed by atoms with van der Waals surface area (Å²) < 4.78 is 0. The van der Waals surface area contributed by atoms with Crippen LogP contribution in [0, 0.1) is 0 Å². The number of aromatic nitrogens is 2. The molecule has 8 nitrogen and oxygen atoms in total. The van der Waals surface area contributed by atoms with Crippen molar-refractivity contribution in [2.24, 2.45) is 0 Å². The SMILES string of the molecule is CC(C)(C)c1nc(-c2ccccc2)cc(N2CCN(CCCCC(=O)N3C(=O)CCC(=O)c4ccccc43)CC2)n1. The smallest absolute Gasteiger partial charge is 0.234 e. The predicted octanol–water partition coefficient (Wildman–Crippen LogP) is 5.27. The van der Waals surface area contributed by atoms with Crippen LogP contribution in [0.15, 0.2) is 60.7 Å². The van der Waals surface area contributed by atoms with Gasteiger partial charge in [-0.1, -0.05) is 63.2 Å². The summed E-state index contributed by atoms with van der Waals surface area (Å²) in [7, 11) is 0. The highest BCUT2D eigenvalue weighted by Crippen LogP contribution is 2.29. The molecule has 0 spiro atoms. The van der Waals surface area contributed by atoms with Crippen molar-refractivity contribution in [1.29, 1.82) is 0 Å². The molecule has 41 heavy (non-hydrogen) atoms. The van der Waals surface area contributed by atoms with Crippen LogP contribution < -0.4 is 9.80 Å². The number of benzene rings is 2. The minimum atomic E-state index is -0.292. The molecular weight excluding hydrogens is 514 g/mol. The molecule has 3 aromatic rings. The second-order valence-corrected chi connectivity index (χ2v) is 11.9. The minimum absolute atomic E-state index is 0.0694. The largest absolute Gasteiger partial charge is 0.354 e. The molecule has 0 N–H and O–H groups in total. The number of ketones is 1. The lowest BCUT2D eigenvalue weighted by atomic mass is 9.95. The summed E-state index contributed by atoms with van der Waals surface area (Å²) in [5.74, 6) is 1.20. The third-order valence-corrected chi connectivity index (χ3v) is 7.77. The number of hydrogen-bond donors (Lipinski definition) is 0. The Kier molecular flexibility index (Phi) is 8.59. The van der Waals surface area contributed by atoms with E-state index in [0.29, 0.717) is 17.7 Å². The van der Waals surface area contributed by atoms with Gasteiger partial charge in [-0.05, 0) is 31.5 Å². The van der Waals surface area contributed by atoms with Gasteiger partial charge in [0.25, 0.3) is 0 Å². The summed E-state index contributed by atoms with van der Waals surface area (Å²) >= 11 is 0. The molecule has 0 bridgehead atoms. The first-order valence-electron chi connectivity index (χ1n) is 14.6. The van der Waals surface area contributed by atoms with E-state index in [0.717, 1.165) is 62.0 Å². The second-order valence-electron chi connectivity index (χ2n) is 11.9. The Morgan fingerprint density at radius 1 is 0.854 bits per heavy atom. The number of amides is 2. The molecule has 2 aliphatic heterocycles. The molecule has 8 heteroatoms.